The predicted molar refractivity (Wildman–Crippen MR) is 95.3 cm³/mol. The molecule has 2 aromatic rings. The van der Waals surface area contributed by atoms with Gasteiger partial charge in [0.2, 0.25) is 0 Å². The molecule has 2 atom stereocenters. The summed E-state index contributed by atoms with van der Waals surface area (Å²) in [5.41, 5.74) is 1.89. The van der Waals surface area contributed by atoms with Gasteiger partial charge in [0.25, 0.3) is 0 Å². The van der Waals surface area contributed by atoms with Crippen LogP contribution in [0.25, 0.3) is 0 Å². The Kier molecular flexibility index (Phi) is 4.67. The van der Waals surface area contributed by atoms with E-state index in [0.29, 0.717) is 0 Å². The summed E-state index contributed by atoms with van der Waals surface area (Å²) in [6.07, 6.45) is 0. The third-order valence-corrected chi connectivity index (χ3v) is 5.07. The summed E-state index contributed by atoms with van der Waals surface area (Å²) < 4.78 is 4.95. The van der Waals surface area contributed by atoms with E-state index in [-0.39, 0.29) is 17.3 Å². The summed E-state index contributed by atoms with van der Waals surface area (Å²) in [5.74, 6) is -0.221. The van der Waals surface area contributed by atoms with Gasteiger partial charge in [0.1, 0.15) is 5.25 Å². The Morgan fingerprint density at radius 3 is 2.30 bits per heavy atom. The molecule has 0 aromatic heterocycles. The number of nitrogens with zero attached hydrogens (tertiary/aromatic N) is 2. The van der Waals surface area contributed by atoms with E-state index >= 15 is 0 Å². The number of carbonyl (C=O) groups is 1. The quantitative estimate of drug-likeness (QED) is 0.803. The molecule has 0 aliphatic carbocycles. The number of amidine groups is 1. The lowest BCUT2D eigenvalue weighted by atomic mass is 10.2. The van der Waals surface area contributed by atoms with Crippen molar-refractivity contribution in [1.82, 2.24) is 0 Å². The van der Waals surface area contributed by atoms with Crippen LogP contribution < -0.4 is 4.90 Å². The Morgan fingerprint density at radius 2 is 1.70 bits per heavy atom. The Labute approximate surface area is 140 Å². The Hall–Kier alpha value is -2.27. The predicted octanol–water partition coefficient (Wildman–Crippen LogP) is 3.86. The zero-order valence-corrected chi connectivity index (χ0v) is 13.9. The van der Waals surface area contributed by atoms with Gasteiger partial charge < -0.3 is 9.64 Å². The monoisotopic (exact) mass is 326 g/mol. The fourth-order valence-corrected chi connectivity index (χ4v) is 3.85. The summed E-state index contributed by atoms with van der Waals surface area (Å²) >= 11 is 1.45. The van der Waals surface area contributed by atoms with Gasteiger partial charge in [-0.2, -0.15) is 0 Å². The molecular weight excluding hydrogens is 308 g/mol. The number of anilines is 1. The third kappa shape index (κ3) is 3.24. The van der Waals surface area contributed by atoms with Gasteiger partial charge in [0, 0.05) is 5.69 Å². The summed E-state index contributed by atoms with van der Waals surface area (Å²) in [6.45, 7) is 2.02. The van der Waals surface area contributed by atoms with Gasteiger partial charge >= 0.3 is 5.97 Å². The molecule has 1 heterocycles. The topological polar surface area (TPSA) is 41.9 Å². The molecule has 118 valence electrons. The van der Waals surface area contributed by atoms with E-state index in [2.05, 4.69) is 4.90 Å². The first-order chi connectivity index (χ1) is 11.2. The average molecular weight is 326 g/mol. The SMILES string of the molecule is COC(=O)C1SC(=Nc2ccccc2)N(c2ccccc2)C1C. The van der Waals surface area contributed by atoms with E-state index in [4.69, 9.17) is 9.73 Å². The molecule has 23 heavy (non-hydrogen) atoms. The van der Waals surface area contributed by atoms with Crippen molar-refractivity contribution in [3.63, 3.8) is 0 Å². The van der Waals surface area contributed by atoms with E-state index in [9.17, 15) is 4.79 Å². The van der Waals surface area contributed by atoms with Crippen molar-refractivity contribution in [2.45, 2.75) is 18.2 Å². The molecule has 0 bridgehead atoms. The highest BCUT2D eigenvalue weighted by molar-refractivity contribution is 8.15. The number of ether oxygens (including phenoxy) is 1. The lowest BCUT2D eigenvalue weighted by molar-refractivity contribution is -0.140. The van der Waals surface area contributed by atoms with Gasteiger partial charge in [-0.1, -0.05) is 48.2 Å². The second kappa shape index (κ2) is 6.87. The molecular formula is C18H18N2O2S. The van der Waals surface area contributed by atoms with Crippen LogP contribution in [0.3, 0.4) is 0 Å². The first kappa shape index (κ1) is 15.6. The van der Waals surface area contributed by atoms with Gasteiger partial charge in [0.15, 0.2) is 5.17 Å². The van der Waals surface area contributed by atoms with E-state index < -0.39 is 0 Å². The Morgan fingerprint density at radius 1 is 1.09 bits per heavy atom. The number of methoxy groups -OCH3 is 1. The number of rotatable bonds is 3. The molecule has 0 saturated carbocycles. The van der Waals surface area contributed by atoms with Crippen LogP contribution in [0, 0.1) is 0 Å². The smallest absolute Gasteiger partial charge is 0.321 e. The summed E-state index contributed by atoms with van der Waals surface area (Å²) in [6, 6.07) is 19.7. The van der Waals surface area contributed by atoms with Crippen molar-refractivity contribution in [2.24, 2.45) is 4.99 Å². The van der Waals surface area contributed by atoms with E-state index in [0.717, 1.165) is 16.5 Å². The Bertz CT molecular complexity index is 703. The van der Waals surface area contributed by atoms with E-state index in [1.54, 1.807) is 0 Å². The average Bonchev–Trinajstić information content (AvgIpc) is 2.92. The van der Waals surface area contributed by atoms with Gasteiger partial charge in [-0.3, -0.25) is 4.79 Å². The van der Waals surface area contributed by atoms with Crippen LogP contribution in [0.1, 0.15) is 6.92 Å². The van der Waals surface area contributed by atoms with Crippen LogP contribution in [-0.2, 0) is 9.53 Å². The largest absolute Gasteiger partial charge is 0.468 e. The molecule has 2 unspecified atom stereocenters. The highest BCUT2D eigenvalue weighted by Crippen LogP contribution is 2.37. The molecule has 4 nitrogen and oxygen atoms in total. The third-order valence-electron chi connectivity index (χ3n) is 3.73. The van der Waals surface area contributed by atoms with Crippen molar-refractivity contribution < 1.29 is 9.53 Å². The molecule has 0 amide bonds. The molecule has 1 aliphatic heterocycles. The van der Waals surface area contributed by atoms with E-state index in [1.807, 2.05) is 67.6 Å². The second-order valence-electron chi connectivity index (χ2n) is 5.24. The lowest BCUT2D eigenvalue weighted by Gasteiger charge is -2.24. The summed E-state index contributed by atoms with van der Waals surface area (Å²) in [7, 11) is 1.43. The number of carbonyl (C=O) groups excluding carboxylic acids is 1. The number of benzene rings is 2. The number of para-hydroxylation sites is 2. The molecule has 0 spiro atoms. The minimum absolute atomic E-state index is 0.0303. The van der Waals surface area contributed by atoms with Gasteiger partial charge in [-0.25, -0.2) is 4.99 Å². The van der Waals surface area contributed by atoms with Crippen molar-refractivity contribution in [3.8, 4) is 0 Å². The number of hydrogen-bond donors (Lipinski definition) is 0. The molecule has 1 fully saturated rings. The number of thioether (sulfide) groups is 1. The summed E-state index contributed by atoms with van der Waals surface area (Å²) in [5, 5.41) is 0.521. The minimum Gasteiger partial charge on any atom is -0.468 e. The molecule has 0 N–H and O–H groups in total. The van der Waals surface area contributed by atoms with Crippen LogP contribution in [-0.4, -0.2) is 29.5 Å². The summed E-state index contributed by atoms with van der Waals surface area (Å²) in [4.78, 5) is 18.9. The maximum absolute atomic E-state index is 12.1. The van der Waals surface area contributed by atoms with Crippen LogP contribution in [0.15, 0.2) is 65.7 Å². The minimum atomic E-state index is -0.289. The van der Waals surface area contributed by atoms with Gasteiger partial charge in [-0.05, 0) is 31.2 Å². The van der Waals surface area contributed by atoms with Crippen LogP contribution in [0.4, 0.5) is 11.4 Å². The van der Waals surface area contributed by atoms with Crippen LogP contribution in [0.2, 0.25) is 0 Å². The molecule has 1 aliphatic rings. The maximum Gasteiger partial charge on any atom is 0.321 e. The van der Waals surface area contributed by atoms with Crippen LogP contribution in [0.5, 0.6) is 0 Å². The van der Waals surface area contributed by atoms with Crippen molar-refractivity contribution in [1.29, 1.82) is 0 Å². The lowest BCUT2D eigenvalue weighted by Crippen LogP contribution is -2.38. The normalized spacial score (nSPS) is 22.3. The zero-order valence-electron chi connectivity index (χ0n) is 13.0. The Balaban J connectivity index is 2.01. The van der Waals surface area contributed by atoms with Crippen molar-refractivity contribution in [2.75, 3.05) is 12.0 Å². The van der Waals surface area contributed by atoms with Crippen molar-refractivity contribution >= 4 is 34.3 Å². The molecule has 5 heteroatoms. The molecule has 2 aromatic carbocycles. The highest BCUT2D eigenvalue weighted by atomic mass is 32.2. The molecule has 3 rings (SSSR count). The standard InChI is InChI=1S/C18H18N2O2S/c1-13-16(17(21)22-2)23-18(19-14-9-5-3-6-10-14)20(13)15-11-7-4-8-12-15/h3-13,16H,1-2H3. The zero-order chi connectivity index (χ0) is 16.2. The van der Waals surface area contributed by atoms with Crippen LogP contribution >= 0.6 is 11.8 Å². The molecule has 1 saturated heterocycles. The highest BCUT2D eigenvalue weighted by Gasteiger charge is 2.42. The number of esters is 1. The second-order valence-corrected chi connectivity index (χ2v) is 6.35. The number of hydrogen-bond acceptors (Lipinski definition) is 4. The van der Waals surface area contributed by atoms with Gasteiger partial charge in [-0.15, -0.1) is 0 Å². The fraction of sp³-hybridized carbons (Fsp3) is 0.222. The number of aliphatic imine (C=N–C) groups is 1. The molecule has 0 radical (unpaired) electrons. The van der Waals surface area contributed by atoms with E-state index in [1.165, 1.54) is 18.9 Å². The fourth-order valence-electron chi connectivity index (χ4n) is 2.57. The first-order valence-electron chi connectivity index (χ1n) is 7.43. The first-order valence-corrected chi connectivity index (χ1v) is 8.31. The van der Waals surface area contributed by atoms with Gasteiger partial charge in [0.05, 0.1) is 18.8 Å². The maximum atomic E-state index is 12.1. The van der Waals surface area contributed by atoms with Crippen molar-refractivity contribution in [3.05, 3.63) is 60.7 Å².